The Hall–Kier alpha value is -10.6. The molecule has 1 aliphatic carbocycles. The molecular formula is C69H42N8O2. The third-order valence-corrected chi connectivity index (χ3v) is 16.3. The highest BCUT2D eigenvalue weighted by Crippen LogP contribution is 2.53. The summed E-state index contributed by atoms with van der Waals surface area (Å²) in [6.07, 6.45) is 0. The Bertz CT molecular complexity index is 5240. The van der Waals surface area contributed by atoms with Gasteiger partial charge in [-0.05, 0) is 95.1 Å². The Morgan fingerprint density at radius 2 is 0.759 bits per heavy atom. The number of benzene rings is 10. The number of aromatic nitrogens is 8. The second kappa shape index (κ2) is 16.2. The summed E-state index contributed by atoms with van der Waals surface area (Å²) in [5.41, 5.74) is 15.2. The first-order chi connectivity index (χ1) is 38.9. The van der Waals surface area contributed by atoms with Crippen molar-refractivity contribution in [2.45, 2.75) is 19.3 Å². The van der Waals surface area contributed by atoms with E-state index in [1.807, 2.05) is 97.1 Å². The lowest BCUT2D eigenvalue weighted by Crippen LogP contribution is -2.15. The summed E-state index contributed by atoms with van der Waals surface area (Å²) in [5, 5.41) is 8.47. The van der Waals surface area contributed by atoms with E-state index in [2.05, 4.69) is 144 Å². The van der Waals surface area contributed by atoms with Gasteiger partial charge in [0.15, 0.2) is 23.3 Å². The van der Waals surface area contributed by atoms with Gasteiger partial charge in [0, 0.05) is 70.8 Å². The minimum atomic E-state index is -0.435. The van der Waals surface area contributed by atoms with E-state index in [1.165, 1.54) is 22.3 Å². The molecule has 370 valence electrons. The van der Waals surface area contributed by atoms with E-state index in [4.69, 9.17) is 38.7 Å². The number of para-hydroxylation sites is 4. The van der Waals surface area contributed by atoms with Gasteiger partial charge in [-0.2, -0.15) is 19.9 Å². The first-order valence-electron chi connectivity index (χ1n) is 26.5. The van der Waals surface area contributed by atoms with Crippen LogP contribution in [0, 0.1) is 0 Å². The van der Waals surface area contributed by atoms with Crippen molar-refractivity contribution in [3.8, 4) is 68.6 Å². The highest BCUT2D eigenvalue weighted by Gasteiger charge is 2.38. The molecule has 79 heavy (non-hydrogen) atoms. The van der Waals surface area contributed by atoms with Gasteiger partial charge in [-0.25, -0.2) is 9.97 Å². The minimum absolute atomic E-state index is 0.435. The summed E-state index contributed by atoms with van der Waals surface area (Å²) in [5.74, 6) is 3.38. The molecule has 0 bridgehead atoms. The second-order valence-electron chi connectivity index (χ2n) is 21.0. The fraction of sp³-hybridized carbons (Fsp3) is 0.0435. The second-order valence-corrected chi connectivity index (χ2v) is 21.0. The smallest absolute Gasteiger partial charge is 0.238 e. The van der Waals surface area contributed by atoms with E-state index in [0.29, 0.717) is 35.2 Å². The number of hydrogen-bond donors (Lipinski definition) is 0. The zero-order valence-corrected chi connectivity index (χ0v) is 42.7. The molecule has 0 unspecified atom stereocenters. The molecule has 0 amide bonds. The first kappa shape index (κ1) is 43.6. The van der Waals surface area contributed by atoms with Crippen molar-refractivity contribution in [3.05, 3.63) is 230 Å². The summed E-state index contributed by atoms with van der Waals surface area (Å²) in [6.45, 7) is 4.67. The molecule has 0 aliphatic heterocycles. The van der Waals surface area contributed by atoms with Gasteiger partial charge in [-0.3, -0.25) is 9.13 Å². The van der Waals surface area contributed by atoms with Crippen LogP contribution < -0.4 is 0 Å². The molecule has 0 fully saturated rings. The van der Waals surface area contributed by atoms with Crippen LogP contribution in [0.25, 0.3) is 156 Å². The first-order valence-corrected chi connectivity index (χ1v) is 26.5. The number of nitrogens with zero attached hydrogens (tertiary/aromatic N) is 8. The topological polar surface area (TPSA) is 113 Å². The van der Waals surface area contributed by atoms with Gasteiger partial charge in [-0.15, -0.1) is 0 Å². The summed E-state index contributed by atoms with van der Waals surface area (Å²) >= 11 is 0. The molecule has 0 spiro atoms. The third-order valence-electron chi connectivity index (χ3n) is 16.3. The molecule has 0 radical (unpaired) electrons. The van der Waals surface area contributed by atoms with E-state index < -0.39 is 5.41 Å². The van der Waals surface area contributed by atoms with Crippen LogP contribution in [0.2, 0.25) is 0 Å². The quantitative estimate of drug-likeness (QED) is 0.162. The molecule has 10 aromatic carbocycles. The Morgan fingerprint density at radius 3 is 1.37 bits per heavy atom. The van der Waals surface area contributed by atoms with Crippen LogP contribution in [-0.2, 0) is 5.41 Å². The minimum Gasteiger partial charge on any atom is -0.456 e. The van der Waals surface area contributed by atoms with Gasteiger partial charge in [0.2, 0.25) is 11.9 Å². The molecule has 6 heterocycles. The molecular weight excluding hydrogens is 973 g/mol. The lowest BCUT2D eigenvalue weighted by Gasteiger charge is -2.22. The monoisotopic (exact) mass is 1010 g/mol. The van der Waals surface area contributed by atoms with Crippen LogP contribution in [0.4, 0.5) is 0 Å². The summed E-state index contributed by atoms with van der Waals surface area (Å²) in [7, 11) is 0. The van der Waals surface area contributed by atoms with Crippen molar-refractivity contribution in [3.63, 3.8) is 0 Å². The summed E-state index contributed by atoms with van der Waals surface area (Å²) < 4.78 is 17.1. The van der Waals surface area contributed by atoms with Gasteiger partial charge in [0.05, 0.1) is 22.1 Å². The predicted octanol–water partition coefficient (Wildman–Crippen LogP) is 17.0. The van der Waals surface area contributed by atoms with Gasteiger partial charge < -0.3 is 8.83 Å². The summed E-state index contributed by atoms with van der Waals surface area (Å²) in [4.78, 5) is 31.8. The van der Waals surface area contributed by atoms with Crippen LogP contribution in [0.5, 0.6) is 0 Å². The molecule has 0 saturated heterocycles. The van der Waals surface area contributed by atoms with Gasteiger partial charge in [0.25, 0.3) is 0 Å². The van der Waals surface area contributed by atoms with Crippen molar-refractivity contribution < 1.29 is 8.83 Å². The number of fused-ring (bicyclic) bond motifs is 15. The standard InChI is InChI=1S/C69H42N8O2/c1-69(2)52-37-56-49(42-22-9-13-27-54(42)76(56)67-72-63(39-18-5-3-6-19-39)70-65(74-67)41-32-33-60-51(34-41)44-24-11-15-29-58(44)78-60)35-47(52)48-36-50-43-23-10-14-28-55(43)77(57(50)38-53(48)69)68-73-64(40-20-7-4-8-21-40)71-66(75-68)46-26-17-31-61-62(46)45-25-12-16-30-59(45)79-61/h3-38H,1-2H3. The van der Waals surface area contributed by atoms with Gasteiger partial charge >= 0.3 is 0 Å². The lowest BCUT2D eigenvalue weighted by atomic mass is 9.82. The number of furan rings is 2. The van der Waals surface area contributed by atoms with Gasteiger partial charge in [-0.1, -0.05) is 159 Å². The van der Waals surface area contributed by atoms with E-state index in [9.17, 15) is 0 Å². The molecule has 10 heteroatoms. The van der Waals surface area contributed by atoms with Crippen molar-refractivity contribution in [2.75, 3.05) is 0 Å². The fourth-order valence-electron chi connectivity index (χ4n) is 12.5. The highest BCUT2D eigenvalue weighted by molar-refractivity contribution is 6.15. The Balaban J connectivity index is 0.873. The highest BCUT2D eigenvalue weighted by atomic mass is 16.3. The molecule has 0 atom stereocenters. The number of rotatable bonds is 6. The Labute approximate surface area is 450 Å². The Morgan fingerprint density at radius 1 is 0.304 bits per heavy atom. The third kappa shape index (κ3) is 6.39. The van der Waals surface area contributed by atoms with Crippen LogP contribution in [0.15, 0.2) is 227 Å². The summed E-state index contributed by atoms with van der Waals surface area (Å²) in [6, 6.07) is 75.6. The normalized spacial score (nSPS) is 13.0. The van der Waals surface area contributed by atoms with Crippen LogP contribution >= 0.6 is 0 Å². The van der Waals surface area contributed by atoms with E-state index in [-0.39, 0.29) is 0 Å². The van der Waals surface area contributed by atoms with Crippen LogP contribution in [-0.4, -0.2) is 39.0 Å². The predicted molar refractivity (Wildman–Crippen MR) is 316 cm³/mol. The molecule has 0 saturated carbocycles. The van der Waals surface area contributed by atoms with E-state index >= 15 is 0 Å². The zero-order chi connectivity index (χ0) is 52.1. The Kier molecular flexibility index (Phi) is 8.96. The SMILES string of the molecule is CC1(C)c2cc3c(cc2-c2cc4c5ccccc5n(-c5nc(-c6ccccc6)nc(-c6cccc7oc8ccccc8c67)n5)c4cc21)c1ccccc1n3-c1nc(-c2ccccc2)nc(-c2ccc3oc4ccccc4c3c2)n1. The van der Waals surface area contributed by atoms with Crippen molar-refractivity contribution in [1.82, 2.24) is 39.0 Å². The van der Waals surface area contributed by atoms with Crippen LogP contribution in [0.3, 0.4) is 0 Å². The van der Waals surface area contributed by atoms with Crippen LogP contribution in [0.1, 0.15) is 25.0 Å². The molecule has 17 rings (SSSR count). The maximum Gasteiger partial charge on any atom is 0.238 e. The lowest BCUT2D eigenvalue weighted by molar-refractivity contribution is 0.661. The molecule has 6 aromatic heterocycles. The van der Waals surface area contributed by atoms with Gasteiger partial charge in [0.1, 0.15) is 22.3 Å². The van der Waals surface area contributed by atoms with E-state index in [0.717, 1.165) is 110 Å². The molecule has 1 aliphatic rings. The largest absolute Gasteiger partial charge is 0.456 e. The van der Waals surface area contributed by atoms with Crippen molar-refractivity contribution in [2.24, 2.45) is 0 Å². The number of hydrogen-bond acceptors (Lipinski definition) is 8. The molecule has 16 aromatic rings. The van der Waals surface area contributed by atoms with E-state index in [1.54, 1.807) is 0 Å². The maximum absolute atomic E-state index is 6.38. The molecule has 0 N–H and O–H groups in total. The average Bonchev–Trinajstić information content (AvgIpc) is 4.43. The van der Waals surface area contributed by atoms with Crippen molar-refractivity contribution in [1.29, 1.82) is 0 Å². The van der Waals surface area contributed by atoms with Crippen molar-refractivity contribution >= 4 is 87.5 Å². The maximum atomic E-state index is 6.38. The molecule has 10 nitrogen and oxygen atoms in total. The fourth-order valence-corrected chi connectivity index (χ4v) is 12.5. The average molecular weight is 1020 g/mol. The zero-order valence-electron chi connectivity index (χ0n) is 42.7.